The Balaban J connectivity index is 2.48. The van der Waals surface area contributed by atoms with Crippen LogP contribution in [0.5, 0.6) is 5.75 Å². The minimum Gasteiger partial charge on any atom is -0.508 e. The summed E-state index contributed by atoms with van der Waals surface area (Å²) in [5.74, 6) is 0.339. The molecule has 0 heterocycles. The van der Waals surface area contributed by atoms with Crippen LogP contribution in [-0.2, 0) is 6.42 Å². The van der Waals surface area contributed by atoms with Crippen molar-refractivity contribution >= 4 is 15.9 Å². The van der Waals surface area contributed by atoms with Gasteiger partial charge in [-0.2, -0.15) is 0 Å². The minimum atomic E-state index is 0.339. The summed E-state index contributed by atoms with van der Waals surface area (Å²) in [5.41, 5.74) is 1.28. The van der Waals surface area contributed by atoms with Crippen LogP contribution >= 0.6 is 15.9 Å². The number of aromatic hydroxyl groups is 1. The second-order valence-electron chi connectivity index (χ2n) is 2.99. The molecule has 1 aromatic rings. The molecule has 1 N–H and O–H groups in total. The molecule has 66 valence electrons. The lowest BCUT2D eigenvalue weighted by Gasteiger charge is -2.02. The summed E-state index contributed by atoms with van der Waals surface area (Å²) in [6.07, 6.45) is 2.19. The molecule has 1 nitrogen and oxygen atoms in total. The molecule has 0 amide bonds. The fraction of sp³-hybridized carbons (Fsp3) is 0.400. The zero-order valence-corrected chi connectivity index (χ0v) is 8.71. The van der Waals surface area contributed by atoms with Crippen molar-refractivity contribution < 1.29 is 5.11 Å². The van der Waals surface area contributed by atoms with Crippen LogP contribution in [0, 0.1) is 0 Å². The second kappa shape index (κ2) is 4.51. The summed E-state index contributed by atoms with van der Waals surface area (Å²) in [4.78, 5) is 0.561. The highest BCUT2D eigenvalue weighted by Gasteiger charge is 1.97. The van der Waals surface area contributed by atoms with Gasteiger partial charge in [0.05, 0.1) is 0 Å². The van der Waals surface area contributed by atoms with Crippen molar-refractivity contribution in [3.8, 4) is 5.75 Å². The normalized spacial score (nSPS) is 12.8. The van der Waals surface area contributed by atoms with Gasteiger partial charge in [0.25, 0.3) is 0 Å². The number of aryl methyl sites for hydroxylation is 1. The maximum atomic E-state index is 9.02. The van der Waals surface area contributed by atoms with E-state index in [4.69, 9.17) is 5.11 Å². The molecule has 2 heteroatoms. The summed E-state index contributed by atoms with van der Waals surface area (Å²) in [6.45, 7) is 2.14. The Labute approximate surface area is 81.6 Å². The van der Waals surface area contributed by atoms with Crippen LogP contribution in [0.25, 0.3) is 0 Å². The van der Waals surface area contributed by atoms with Crippen molar-refractivity contribution in [2.24, 2.45) is 0 Å². The van der Waals surface area contributed by atoms with E-state index in [2.05, 4.69) is 22.9 Å². The van der Waals surface area contributed by atoms with E-state index in [9.17, 15) is 0 Å². The molecule has 0 saturated heterocycles. The molecule has 0 aliphatic heterocycles. The highest BCUT2D eigenvalue weighted by molar-refractivity contribution is 9.09. The highest BCUT2D eigenvalue weighted by Crippen LogP contribution is 2.13. The largest absolute Gasteiger partial charge is 0.508 e. The first kappa shape index (κ1) is 9.59. The summed E-state index contributed by atoms with van der Waals surface area (Å²) < 4.78 is 0. The fourth-order valence-electron chi connectivity index (χ4n) is 1.03. The number of phenolic OH excluding ortho intramolecular Hbond substituents is 1. The van der Waals surface area contributed by atoms with Gasteiger partial charge < -0.3 is 5.11 Å². The second-order valence-corrected chi connectivity index (χ2v) is 4.55. The number of halogens is 1. The quantitative estimate of drug-likeness (QED) is 0.789. The molecule has 0 aliphatic carbocycles. The van der Waals surface area contributed by atoms with Gasteiger partial charge in [-0.1, -0.05) is 35.0 Å². The van der Waals surface area contributed by atoms with Crippen LogP contribution in [0.15, 0.2) is 24.3 Å². The van der Waals surface area contributed by atoms with Crippen molar-refractivity contribution in [1.29, 1.82) is 0 Å². The van der Waals surface area contributed by atoms with Crippen molar-refractivity contribution in [2.45, 2.75) is 24.6 Å². The van der Waals surface area contributed by atoms with Crippen LogP contribution in [-0.4, -0.2) is 9.93 Å². The zero-order valence-electron chi connectivity index (χ0n) is 7.13. The van der Waals surface area contributed by atoms with Crippen LogP contribution in [0.1, 0.15) is 18.9 Å². The maximum Gasteiger partial charge on any atom is 0.115 e. The van der Waals surface area contributed by atoms with Crippen molar-refractivity contribution in [1.82, 2.24) is 0 Å². The summed E-state index contributed by atoms with van der Waals surface area (Å²) in [5, 5.41) is 9.02. The van der Waals surface area contributed by atoms with E-state index < -0.39 is 0 Å². The predicted molar refractivity (Wildman–Crippen MR) is 54.8 cm³/mol. The first-order valence-electron chi connectivity index (χ1n) is 4.10. The first-order valence-corrected chi connectivity index (χ1v) is 5.02. The molecule has 12 heavy (non-hydrogen) atoms. The number of alkyl halides is 1. The lowest BCUT2D eigenvalue weighted by atomic mass is 10.1. The molecule has 0 aliphatic rings. The van der Waals surface area contributed by atoms with E-state index in [-0.39, 0.29) is 0 Å². The van der Waals surface area contributed by atoms with E-state index in [0.717, 1.165) is 12.8 Å². The minimum absolute atomic E-state index is 0.339. The van der Waals surface area contributed by atoms with Gasteiger partial charge in [-0.05, 0) is 30.5 Å². The molecule has 0 radical (unpaired) electrons. The van der Waals surface area contributed by atoms with Crippen molar-refractivity contribution in [3.63, 3.8) is 0 Å². The average molecular weight is 229 g/mol. The Morgan fingerprint density at radius 3 is 2.42 bits per heavy atom. The van der Waals surface area contributed by atoms with E-state index in [1.54, 1.807) is 12.1 Å². The Morgan fingerprint density at radius 2 is 1.92 bits per heavy atom. The molecule has 1 unspecified atom stereocenters. The predicted octanol–water partition coefficient (Wildman–Crippen LogP) is 3.11. The number of benzene rings is 1. The number of rotatable bonds is 3. The lowest BCUT2D eigenvalue weighted by Crippen LogP contribution is -1.93. The third-order valence-corrected chi connectivity index (χ3v) is 2.22. The van der Waals surface area contributed by atoms with Crippen molar-refractivity contribution in [3.05, 3.63) is 29.8 Å². The maximum absolute atomic E-state index is 9.02. The molecule has 0 spiro atoms. The molecular weight excluding hydrogens is 216 g/mol. The number of hydrogen-bond donors (Lipinski definition) is 1. The Kier molecular flexibility index (Phi) is 3.60. The SMILES string of the molecule is CC(Br)CCc1ccc(O)cc1. The number of phenols is 1. The van der Waals surface area contributed by atoms with Gasteiger partial charge in [-0.15, -0.1) is 0 Å². The molecule has 0 aromatic heterocycles. The van der Waals surface area contributed by atoms with Gasteiger partial charge in [-0.25, -0.2) is 0 Å². The molecule has 1 aromatic carbocycles. The summed E-state index contributed by atoms with van der Waals surface area (Å²) in [7, 11) is 0. The molecule has 0 bridgehead atoms. The van der Waals surface area contributed by atoms with Gasteiger partial charge >= 0.3 is 0 Å². The Morgan fingerprint density at radius 1 is 1.33 bits per heavy atom. The number of hydrogen-bond acceptors (Lipinski definition) is 1. The Hall–Kier alpha value is -0.500. The fourth-order valence-corrected chi connectivity index (χ4v) is 1.26. The first-order chi connectivity index (χ1) is 5.68. The Bertz CT molecular complexity index is 228. The standard InChI is InChI=1S/C10H13BrO/c1-8(11)2-3-9-4-6-10(12)7-5-9/h4-8,12H,2-3H2,1H3. The monoisotopic (exact) mass is 228 g/mol. The van der Waals surface area contributed by atoms with Gasteiger partial charge in [0.1, 0.15) is 5.75 Å². The molecule has 1 atom stereocenters. The van der Waals surface area contributed by atoms with Gasteiger partial charge in [-0.3, -0.25) is 0 Å². The van der Waals surface area contributed by atoms with E-state index >= 15 is 0 Å². The van der Waals surface area contributed by atoms with E-state index in [1.165, 1.54) is 5.56 Å². The van der Waals surface area contributed by atoms with Crippen LogP contribution in [0.3, 0.4) is 0 Å². The third-order valence-electron chi connectivity index (χ3n) is 1.77. The highest BCUT2D eigenvalue weighted by atomic mass is 79.9. The smallest absolute Gasteiger partial charge is 0.115 e. The topological polar surface area (TPSA) is 20.2 Å². The zero-order chi connectivity index (χ0) is 8.97. The van der Waals surface area contributed by atoms with Gasteiger partial charge in [0.2, 0.25) is 0 Å². The van der Waals surface area contributed by atoms with E-state index in [0.29, 0.717) is 10.6 Å². The van der Waals surface area contributed by atoms with Crippen LogP contribution < -0.4 is 0 Å². The molecule has 0 fully saturated rings. The van der Waals surface area contributed by atoms with Crippen LogP contribution in [0.4, 0.5) is 0 Å². The van der Waals surface area contributed by atoms with Crippen molar-refractivity contribution in [2.75, 3.05) is 0 Å². The van der Waals surface area contributed by atoms with Gasteiger partial charge in [0.15, 0.2) is 0 Å². The summed E-state index contributed by atoms with van der Waals surface area (Å²) in [6, 6.07) is 7.39. The molecule has 0 saturated carbocycles. The summed E-state index contributed by atoms with van der Waals surface area (Å²) >= 11 is 3.50. The molecule has 1 rings (SSSR count). The van der Waals surface area contributed by atoms with Crippen LogP contribution in [0.2, 0.25) is 0 Å². The average Bonchev–Trinajstić information content (AvgIpc) is 2.03. The third kappa shape index (κ3) is 3.26. The molecular formula is C10H13BrO. The lowest BCUT2D eigenvalue weighted by molar-refractivity contribution is 0.475. The van der Waals surface area contributed by atoms with E-state index in [1.807, 2.05) is 12.1 Å². The van der Waals surface area contributed by atoms with Gasteiger partial charge in [0, 0.05) is 4.83 Å².